The van der Waals surface area contributed by atoms with Crippen LogP contribution in [0.2, 0.25) is 0 Å². The first-order chi connectivity index (χ1) is 6.22. The second-order valence-corrected chi connectivity index (χ2v) is 4.77. The van der Waals surface area contributed by atoms with Gasteiger partial charge in [0.05, 0.1) is 5.03 Å². The zero-order valence-corrected chi connectivity index (χ0v) is 10.2. The summed E-state index contributed by atoms with van der Waals surface area (Å²) in [5.74, 6) is 1.05. The first-order valence-electron chi connectivity index (χ1n) is 4.14. The van der Waals surface area contributed by atoms with Gasteiger partial charge in [-0.25, -0.2) is 4.98 Å². The molecular formula is C9H13BrN2S. The van der Waals surface area contributed by atoms with Crippen molar-refractivity contribution >= 4 is 27.7 Å². The van der Waals surface area contributed by atoms with Crippen molar-refractivity contribution < 1.29 is 0 Å². The van der Waals surface area contributed by atoms with E-state index >= 15 is 0 Å². The molecule has 0 radical (unpaired) electrons. The number of pyridine rings is 1. The molecule has 13 heavy (non-hydrogen) atoms. The predicted molar refractivity (Wildman–Crippen MR) is 61.2 cm³/mol. The van der Waals surface area contributed by atoms with Crippen LogP contribution in [-0.4, -0.2) is 23.8 Å². The second-order valence-electron chi connectivity index (χ2n) is 2.82. The van der Waals surface area contributed by atoms with Crippen LogP contribution in [0.3, 0.4) is 0 Å². The van der Waals surface area contributed by atoms with Gasteiger partial charge in [0, 0.05) is 22.5 Å². The molecule has 1 heterocycles. The van der Waals surface area contributed by atoms with Gasteiger partial charge < -0.3 is 5.32 Å². The largest absolute Gasteiger partial charge is 0.316 e. The lowest BCUT2D eigenvalue weighted by Crippen LogP contribution is -2.23. The maximum atomic E-state index is 4.27. The van der Waals surface area contributed by atoms with Crippen LogP contribution >= 0.6 is 27.7 Å². The van der Waals surface area contributed by atoms with Crippen LogP contribution in [0.25, 0.3) is 0 Å². The van der Waals surface area contributed by atoms with E-state index in [0.717, 1.165) is 15.3 Å². The van der Waals surface area contributed by atoms with E-state index in [2.05, 4.69) is 33.2 Å². The molecule has 0 aliphatic heterocycles. The van der Waals surface area contributed by atoms with Crippen LogP contribution in [0.5, 0.6) is 0 Å². The molecule has 1 aromatic rings. The summed E-state index contributed by atoms with van der Waals surface area (Å²) in [5.41, 5.74) is 0. The average molecular weight is 261 g/mol. The Morgan fingerprint density at radius 2 is 2.38 bits per heavy atom. The van der Waals surface area contributed by atoms with Crippen molar-refractivity contribution in [2.45, 2.75) is 18.0 Å². The Bertz CT molecular complexity index is 250. The van der Waals surface area contributed by atoms with Crippen molar-refractivity contribution in [1.29, 1.82) is 0 Å². The highest BCUT2D eigenvalue weighted by atomic mass is 79.9. The van der Waals surface area contributed by atoms with E-state index in [1.165, 1.54) is 0 Å². The first kappa shape index (κ1) is 11.0. The van der Waals surface area contributed by atoms with E-state index in [0.29, 0.717) is 6.04 Å². The lowest BCUT2D eigenvalue weighted by molar-refractivity contribution is 0.677. The Labute approximate surface area is 91.7 Å². The molecule has 0 amide bonds. The smallest absolute Gasteiger partial charge is 0.0961 e. The third kappa shape index (κ3) is 4.11. The minimum absolute atomic E-state index is 0.524. The Kier molecular flexibility index (Phi) is 4.77. The van der Waals surface area contributed by atoms with Gasteiger partial charge in [0.1, 0.15) is 0 Å². The summed E-state index contributed by atoms with van der Waals surface area (Å²) < 4.78 is 1.03. The van der Waals surface area contributed by atoms with Crippen LogP contribution in [0, 0.1) is 0 Å². The topological polar surface area (TPSA) is 24.9 Å². The van der Waals surface area contributed by atoms with Crippen molar-refractivity contribution in [2.24, 2.45) is 0 Å². The monoisotopic (exact) mass is 260 g/mol. The molecule has 0 aromatic carbocycles. The number of hydrogen-bond donors (Lipinski definition) is 1. The van der Waals surface area contributed by atoms with E-state index in [1.54, 1.807) is 11.8 Å². The summed E-state index contributed by atoms with van der Waals surface area (Å²) >= 11 is 5.12. The normalized spacial score (nSPS) is 12.8. The number of rotatable bonds is 4. The number of hydrogen-bond acceptors (Lipinski definition) is 3. The molecule has 1 N–H and O–H groups in total. The highest BCUT2D eigenvalue weighted by Gasteiger charge is 2.00. The zero-order valence-electron chi connectivity index (χ0n) is 7.75. The molecule has 1 atom stereocenters. The van der Waals surface area contributed by atoms with Crippen molar-refractivity contribution in [3.63, 3.8) is 0 Å². The number of halogens is 1. The third-order valence-electron chi connectivity index (χ3n) is 1.67. The van der Waals surface area contributed by atoms with Crippen LogP contribution in [0.15, 0.2) is 27.8 Å². The SMILES string of the molecule is CNC(C)CSc1ccc(Br)cn1. The lowest BCUT2D eigenvalue weighted by atomic mass is 10.4. The van der Waals surface area contributed by atoms with Gasteiger partial charge in [-0.2, -0.15) is 0 Å². The number of thioether (sulfide) groups is 1. The van der Waals surface area contributed by atoms with E-state index in [1.807, 2.05) is 25.4 Å². The maximum absolute atomic E-state index is 4.27. The Morgan fingerprint density at radius 3 is 2.92 bits per heavy atom. The lowest BCUT2D eigenvalue weighted by Gasteiger charge is -2.08. The van der Waals surface area contributed by atoms with Gasteiger partial charge in [0.25, 0.3) is 0 Å². The van der Waals surface area contributed by atoms with Crippen LogP contribution in [0.4, 0.5) is 0 Å². The van der Waals surface area contributed by atoms with Crippen molar-refractivity contribution in [2.75, 3.05) is 12.8 Å². The quantitative estimate of drug-likeness (QED) is 0.843. The summed E-state index contributed by atoms with van der Waals surface area (Å²) in [4.78, 5) is 4.27. The highest BCUT2D eigenvalue weighted by Crippen LogP contribution is 2.17. The fraction of sp³-hybridized carbons (Fsp3) is 0.444. The molecule has 2 nitrogen and oxygen atoms in total. The molecule has 72 valence electrons. The highest BCUT2D eigenvalue weighted by molar-refractivity contribution is 9.10. The van der Waals surface area contributed by atoms with E-state index in [-0.39, 0.29) is 0 Å². The van der Waals surface area contributed by atoms with Gasteiger partial charge >= 0.3 is 0 Å². The fourth-order valence-corrected chi connectivity index (χ4v) is 1.85. The predicted octanol–water partition coefficient (Wildman–Crippen LogP) is 2.54. The van der Waals surface area contributed by atoms with E-state index in [4.69, 9.17) is 0 Å². The second kappa shape index (κ2) is 5.62. The molecule has 0 aliphatic carbocycles. The molecule has 1 aromatic heterocycles. The van der Waals surface area contributed by atoms with Crippen LogP contribution < -0.4 is 5.32 Å². The van der Waals surface area contributed by atoms with Crippen LogP contribution in [-0.2, 0) is 0 Å². The van der Waals surface area contributed by atoms with Gasteiger partial charge in [-0.05, 0) is 42.0 Å². The van der Waals surface area contributed by atoms with Gasteiger partial charge in [0.2, 0.25) is 0 Å². The number of nitrogens with one attached hydrogen (secondary N) is 1. The first-order valence-corrected chi connectivity index (χ1v) is 5.92. The Morgan fingerprint density at radius 1 is 1.62 bits per heavy atom. The molecule has 1 unspecified atom stereocenters. The average Bonchev–Trinajstić information content (AvgIpc) is 2.16. The molecule has 0 saturated carbocycles. The van der Waals surface area contributed by atoms with Gasteiger partial charge in [0.15, 0.2) is 0 Å². The van der Waals surface area contributed by atoms with Gasteiger partial charge in [-0.1, -0.05) is 0 Å². The Hall–Kier alpha value is -0.0600. The van der Waals surface area contributed by atoms with Crippen molar-refractivity contribution in [3.8, 4) is 0 Å². The molecule has 0 saturated heterocycles. The molecular weight excluding hydrogens is 248 g/mol. The van der Waals surface area contributed by atoms with Gasteiger partial charge in [-0.3, -0.25) is 0 Å². The summed E-state index contributed by atoms with van der Waals surface area (Å²) in [6.07, 6.45) is 1.83. The summed E-state index contributed by atoms with van der Waals surface area (Å²) in [5, 5.41) is 4.26. The number of nitrogens with zero attached hydrogens (tertiary/aromatic N) is 1. The van der Waals surface area contributed by atoms with E-state index < -0.39 is 0 Å². The summed E-state index contributed by atoms with van der Waals surface area (Å²) in [6.45, 7) is 2.16. The van der Waals surface area contributed by atoms with Crippen LogP contribution in [0.1, 0.15) is 6.92 Å². The standard InChI is InChI=1S/C9H13BrN2S/c1-7(11-2)6-13-9-4-3-8(10)5-12-9/h3-5,7,11H,6H2,1-2H3. The van der Waals surface area contributed by atoms with Gasteiger partial charge in [-0.15, -0.1) is 11.8 Å². The molecule has 0 fully saturated rings. The zero-order chi connectivity index (χ0) is 9.68. The third-order valence-corrected chi connectivity index (χ3v) is 3.35. The summed E-state index contributed by atoms with van der Waals surface area (Å²) in [7, 11) is 1.97. The molecule has 0 bridgehead atoms. The molecule has 0 aliphatic rings. The summed E-state index contributed by atoms with van der Waals surface area (Å²) in [6, 6.07) is 4.56. The minimum Gasteiger partial charge on any atom is -0.316 e. The fourth-order valence-electron chi connectivity index (χ4n) is 0.741. The van der Waals surface area contributed by atoms with E-state index in [9.17, 15) is 0 Å². The molecule has 4 heteroatoms. The molecule has 1 rings (SSSR count). The molecule has 0 spiro atoms. The Balaban J connectivity index is 2.41. The maximum Gasteiger partial charge on any atom is 0.0961 e. The van der Waals surface area contributed by atoms with Crippen molar-refractivity contribution in [3.05, 3.63) is 22.8 Å². The van der Waals surface area contributed by atoms with Crippen molar-refractivity contribution in [1.82, 2.24) is 10.3 Å². The minimum atomic E-state index is 0.524. The number of aromatic nitrogens is 1.